The summed E-state index contributed by atoms with van der Waals surface area (Å²) < 4.78 is 0. The lowest BCUT2D eigenvalue weighted by atomic mass is 10.0. The third-order valence-electron chi connectivity index (χ3n) is 3.52. The number of hydrogen-bond donors (Lipinski definition) is 2. The summed E-state index contributed by atoms with van der Waals surface area (Å²) in [6.07, 6.45) is 6.21. The van der Waals surface area contributed by atoms with Crippen molar-refractivity contribution < 1.29 is 4.79 Å². The normalized spacial score (nSPS) is 23.4. The zero-order valence-corrected chi connectivity index (χ0v) is 11.2. The van der Waals surface area contributed by atoms with E-state index in [1.165, 1.54) is 19.3 Å². The molecule has 3 N–H and O–H groups in total. The van der Waals surface area contributed by atoms with Crippen LogP contribution in [-0.4, -0.2) is 43.0 Å². The highest BCUT2D eigenvalue weighted by Crippen LogP contribution is 2.14. The molecule has 0 aromatic carbocycles. The summed E-state index contributed by atoms with van der Waals surface area (Å²) in [5.41, 5.74) is 5.65. The Bertz CT molecular complexity index is 231. The minimum Gasteiger partial charge on any atom is -0.355 e. The van der Waals surface area contributed by atoms with Gasteiger partial charge in [0.15, 0.2) is 0 Å². The largest absolute Gasteiger partial charge is 0.355 e. The van der Waals surface area contributed by atoms with Crippen molar-refractivity contribution in [2.75, 3.05) is 20.1 Å². The Morgan fingerprint density at radius 3 is 2.94 bits per heavy atom. The number of carbonyl (C=O) groups is 1. The van der Waals surface area contributed by atoms with Gasteiger partial charge in [-0.15, -0.1) is 0 Å². The minimum atomic E-state index is 0.171. The van der Waals surface area contributed by atoms with Gasteiger partial charge in [-0.25, -0.2) is 0 Å². The van der Waals surface area contributed by atoms with Gasteiger partial charge >= 0.3 is 0 Å². The van der Waals surface area contributed by atoms with Crippen LogP contribution in [0, 0.1) is 0 Å². The fraction of sp³-hybridized carbons (Fsp3) is 0.923. The lowest BCUT2D eigenvalue weighted by Crippen LogP contribution is -2.44. The highest BCUT2D eigenvalue weighted by atomic mass is 16.1. The first-order valence-corrected chi connectivity index (χ1v) is 6.82. The van der Waals surface area contributed by atoms with Crippen LogP contribution >= 0.6 is 0 Å². The fourth-order valence-electron chi connectivity index (χ4n) is 2.31. The van der Waals surface area contributed by atoms with Crippen LogP contribution in [0.5, 0.6) is 0 Å². The summed E-state index contributed by atoms with van der Waals surface area (Å²) in [6, 6.07) is 0.730. The Balaban J connectivity index is 2.10. The van der Waals surface area contributed by atoms with E-state index in [2.05, 4.69) is 17.3 Å². The van der Waals surface area contributed by atoms with E-state index >= 15 is 0 Å². The second-order valence-corrected chi connectivity index (χ2v) is 5.30. The van der Waals surface area contributed by atoms with Gasteiger partial charge < -0.3 is 16.0 Å². The Hall–Kier alpha value is -0.610. The molecule has 1 saturated heterocycles. The van der Waals surface area contributed by atoms with Gasteiger partial charge in [0.2, 0.25) is 5.91 Å². The van der Waals surface area contributed by atoms with E-state index in [1.54, 1.807) is 0 Å². The first kappa shape index (κ1) is 14.5. The van der Waals surface area contributed by atoms with Crippen molar-refractivity contribution in [1.29, 1.82) is 0 Å². The van der Waals surface area contributed by atoms with Crippen LogP contribution < -0.4 is 11.1 Å². The molecule has 0 bridgehead atoms. The van der Waals surface area contributed by atoms with E-state index in [0.29, 0.717) is 12.5 Å². The molecule has 0 saturated carbocycles. The summed E-state index contributed by atoms with van der Waals surface area (Å²) >= 11 is 0. The molecule has 0 spiro atoms. The SMILES string of the molecule is CC(N)CCCC(=O)NCC1CCCCN1C. The summed E-state index contributed by atoms with van der Waals surface area (Å²) in [5.74, 6) is 0.171. The van der Waals surface area contributed by atoms with Gasteiger partial charge in [0.25, 0.3) is 0 Å². The van der Waals surface area contributed by atoms with E-state index in [1.807, 2.05) is 6.92 Å². The Kier molecular flexibility index (Phi) is 6.52. The van der Waals surface area contributed by atoms with Gasteiger partial charge in [-0.05, 0) is 46.2 Å². The number of likely N-dealkylation sites (N-methyl/N-ethyl adjacent to an activating group) is 1. The molecule has 0 aromatic heterocycles. The topological polar surface area (TPSA) is 58.4 Å². The fourth-order valence-corrected chi connectivity index (χ4v) is 2.31. The predicted molar refractivity (Wildman–Crippen MR) is 70.8 cm³/mol. The first-order valence-electron chi connectivity index (χ1n) is 6.82. The molecule has 100 valence electrons. The van der Waals surface area contributed by atoms with Crippen molar-refractivity contribution in [2.24, 2.45) is 5.73 Å². The molecule has 1 fully saturated rings. The summed E-state index contributed by atoms with van der Waals surface area (Å²) in [6.45, 7) is 3.94. The Morgan fingerprint density at radius 2 is 2.29 bits per heavy atom. The highest BCUT2D eigenvalue weighted by Gasteiger charge is 2.18. The maximum Gasteiger partial charge on any atom is 0.220 e. The van der Waals surface area contributed by atoms with Gasteiger partial charge in [0, 0.05) is 25.0 Å². The van der Waals surface area contributed by atoms with E-state index in [4.69, 9.17) is 5.73 Å². The van der Waals surface area contributed by atoms with Crippen LogP contribution in [-0.2, 0) is 4.79 Å². The molecule has 2 atom stereocenters. The van der Waals surface area contributed by atoms with Crippen LogP contribution in [0.3, 0.4) is 0 Å². The molecule has 0 radical (unpaired) electrons. The van der Waals surface area contributed by atoms with Crippen molar-refractivity contribution in [3.8, 4) is 0 Å². The first-order chi connectivity index (χ1) is 8.09. The molecule has 1 rings (SSSR count). The van der Waals surface area contributed by atoms with E-state index < -0.39 is 0 Å². The van der Waals surface area contributed by atoms with E-state index in [-0.39, 0.29) is 11.9 Å². The van der Waals surface area contributed by atoms with Crippen molar-refractivity contribution in [3.05, 3.63) is 0 Å². The average Bonchev–Trinajstić information content (AvgIpc) is 2.27. The quantitative estimate of drug-likeness (QED) is 0.732. The van der Waals surface area contributed by atoms with Crippen molar-refractivity contribution in [1.82, 2.24) is 10.2 Å². The summed E-state index contributed by atoms with van der Waals surface area (Å²) in [4.78, 5) is 14.0. The standard InChI is InChI=1S/C13H27N3O/c1-11(14)6-5-8-13(17)15-10-12-7-3-4-9-16(12)2/h11-12H,3-10,14H2,1-2H3,(H,15,17). The molecule has 1 aliphatic rings. The number of rotatable bonds is 6. The lowest BCUT2D eigenvalue weighted by Gasteiger charge is -2.32. The third kappa shape index (κ3) is 6.03. The zero-order chi connectivity index (χ0) is 12.7. The van der Waals surface area contributed by atoms with Crippen LogP contribution in [0.1, 0.15) is 45.4 Å². The monoisotopic (exact) mass is 241 g/mol. The maximum absolute atomic E-state index is 11.6. The number of carbonyl (C=O) groups excluding carboxylic acids is 1. The average molecular weight is 241 g/mol. The third-order valence-corrected chi connectivity index (χ3v) is 3.52. The molecule has 2 unspecified atom stereocenters. The molecule has 4 heteroatoms. The molecule has 17 heavy (non-hydrogen) atoms. The Morgan fingerprint density at radius 1 is 1.53 bits per heavy atom. The molecule has 0 aliphatic carbocycles. The lowest BCUT2D eigenvalue weighted by molar-refractivity contribution is -0.121. The summed E-state index contributed by atoms with van der Waals surface area (Å²) in [5, 5.41) is 3.04. The molecular weight excluding hydrogens is 214 g/mol. The molecular formula is C13H27N3O. The van der Waals surface area contributed by atoms with Crippen LogP contribution in [0.4, 0.5) is 0 Å². The second-order valence-electron chi connectivity index (χ2n) is 5.30. The van der Waals surface area contributed by atoms with Gasteiger partial charge in [0.05, 0.1) is 0 Å². The number of nitrogens with zero attached hydrogens (tertiary/aromatic N) is 1. The van der Waals surface area contributed by atoms with Crippen molar-refractivity contribution >= 4 is 5.91 Å². The number of nitrogens with one attached hydrogen (secondary N) is 1. The van der Waals surface area contributed by atoms with Crippen molar-refractivity contribution in [3.63, 3.8) is 0 Å². The molecule has 0 aromatic rings. The molecule has 1 aliphatic heterocycles. The summed E-state index contributed by atoms with van der Waals surface area (Å²) in [7, 11) is 2.14. The number of piperidine rings is 1. The zero-order valence-electron chi connectivity index (χ0n) is 11.2. The van der Waals surface area contributed by atoms with E-state index in [0.717, 1.165) is 25.9 Å². The minimum absolute atomic E-state index is 0.171. The Labute approximate surface area is 105 Å². The van der Waals surface area contributed by atoms with Gasteiger partial charge in [-0.3, -0.25) is 4.79 Å². The van der Waals surface area contributed by atoms with Crippen LogP contribution in [0.15, 0.2) is 0 Å². The van der Waals surface area contributed by atoms with Crippen LogP contribution in [0.25, 0.3) is 0 Å². The molecule has 1 amide bonds. The van der Waals surface area contributed by atoms with Gasteiger partial charge in [-0.1, -0.05) is 6.42 Å². The number of amides is 1. The van der Waals surface area contributed by atoms with Crippen molar-refractivity contribution in [2.45, 2.75) is 57.5 Å². The predicted octanol–water partition coefficient (Wildman–Crippen LogP) is 1.10. The van der Waals surface area contributed by atoms with Crippen LogP contribution in [0.2, 0.25) is 0 Å². The number of nitrogens with two attached hydrogens (primary N) is 1. The maximum atomic E-state index is 11.6. The highest BCUT2D eigenvalue weighted by molar-refractivity contribution is 5.75. The molecule has 1 heterocycles. The number of hydrogen-bond acceptors (Lipinski definition) is 3. The van der Waals surface area contributed by atoms with Gasteiger partial charge in [-0.2, -0.15) is 0 Å². The molecule has 4 nitrogen and oxygen atoms in total. The van der Waals surface area contributed by atoms with Gasteiger partial charge in [0.1, 0.15) is 0 Å². The second kappa shape index (κ2) is 7.67. The number of likely N-dealkylation sites (tertiary alicyclic amines) is 1. The van der Waals surface area contributed by atoms with E-state index in [9.17, 15) is 4.79 Å². The smallest absolute Gasteiger partial charge is 0.220 e.